The summed E-state index contributed by atoms with van der Waals surface area (Å²) in [6.45, 7) is -0.416. The molecule has 0 spiro atoms. The number of rotatable bonds is 5. The summed E-state index contributed by atoms with van der Waals surface area (Å²) in [5.41, 5.74) is 0.515. The second kappa shape index (κ2) is 6.64. The number of benzene rings is 2. The van der Waals surface area contributed by atoms with E-state index in [1.807, 2.05) is 0 Å². The maximum Gasteiger partial charge on any atom is 0.310 e. The zero-order valence-corrected chi connectivity index (χ0v) is 12.3. The molecule has 0 bridgehead atoms. The molecular weight excluding hydrogens is 345 g/mol. The molecule has 110 valence electrons. The van der Waals surface area contributed by atoms with E-state index in [1.165, 1.54) is 30.3 Å². The Labute approximate surface area is 128 Å². The number of ether oxygens (including phenoxy) is 1. The number of aliphatic hydroxyl groups is 1. The molecule has 2 rings (SSSR count). The van der Waals surface area contributed by atoms with Gasteiger partial charge in [-0.15, -0.1) is 0 Å². The summed E-state index contributed by atoms with van der Waals surface area (Å²) in [7, 11) is 0. The van der Waals surface area contributed by atoms with Crippen LogP contribution in [0.4, 0.5) is 10.1 Å². The summed E-state index contributed by atoms with van der Waals surface area (Å²) in [4.78, 5) is 10.3. The number of hydrogen-bond acceptors (Lipinski definition) is 4. The summed E-state index contributed by atoms with van der Waals surface area (Å²) < 4.78 is 19.6. The first kappa shape index (κ1) is 15.4. The molecule has 0 atom stereocenters. The molecule has 0 saturated heterocycles. The number of nitrogens with zero attached hydrogens (tertiary/aromatic N) is 1. The van der Waals surface area contributed by atoms with Gasteiger partial charge in [0.1, 0.15) is 12.4 Å². The van der Waals surface area contributed by atoms with Gasteiger partial charge >= 0.3 is 5.69 Å². The fraction of sp³-hybridized carbons (Fsp3) is 0.143. The van der Waals surface area contributed by atoms with E-state index in [4.69, 9.17) is 9.84 Å². The van der Waals surface area contributed by atoms with E-state index >= 15 is 0 Å². The van der Waals surface area contributed by atoms with Crippen molar-refractivity contribution in [1.82, 2.24) is 0 Å². The Kier molecular flexibility index (Phi) is 4.87. The maximum absolute atomic E-state index is 13.6. The molecule has 0 amide bonds. The van der Waals surface area contributed by atoms with E-state index in [1.54, 1.807) is 6.07 Å². The molecule has 5 nitrogen and oxygen atoms in total. The second-order valence-corrected chi connectivity index (χ2v) is 5.16. The first-order valence-electron chi connectivity index (χ1n) is 5.96. The van der Waals surface area contributed by atoms with Crippen LogP contribution in [0.1, 0.15) is 11.1 Å². The average Bonchev–Trinajstić information content (AvgIpc) is 2.47. The average molecular weight is 356 g/mol. The van der Waals surface area contributed by atoms with Crippen LogP contribution in [-0.2, 0) is 13.2 Å². The highest BCUT2D eigenvalue weighted by molar-refractivity contribution is 9.10. The molecule has 1 N–H and O–H groups in total. The van der Waals surface area contributed by atoms with Gasteiger partial charge in [0.15, 0.2) is 5.75 Å². The predicted molar refractivity (Wildman–Crippen MR) is 77.5 cm³/mol. The van der Waals surface area contributed by atoms with Crippen molar-refractivity contribution in [2.24, 2.45) is 0 Å². The highest BCUT2D eigenvalue weighted by Gasteiger charge is 2.16. The Balaban J connectivity index is 2.26. The molecular formula is C14H11BrFNO4. The van der Waals surface area contributed by atoms with Gasteiger partial charge in [-0.25, -0.2) is 4.39 Å². The molecule has 2 aromatic rings. The fourth-order valence-electron chi connectivity index (χ4n) is 1.73. The van der Waals surface area contributed by atoms with E-state index in [0.717, 1.165) is 0 Å². The minimum Gasteiger partial charge on any atom is -0.482 e. The van der Waals surface area contributed by atoms with Crippen LogP contribution in [0.25, 0.3) is 0 Å². The number of nitro groups is 1. The third-order valence-corrected chi connectivity index (χ3v) is 3.29. The number of nitro benzene ring substituents is 1. The fourth-order valence-corrected chi connectivity index (χ4v) is 2.14. The summed E-state index contributed by atoms with van der Waals surface area (Å²) in [6, 6.07) is 8.42. The molecule has 0 aliphatic heterocycles. The van der Waals surface area contributed by atoms with Crippen molar-refractivity contribution >= 4 is 21.6 Å². The number of aliphatic hydroxyl groups excluding tert-OH is 1. The zero-order valence-electron chi connectivity index (χ0n) is 10.8. The minimum atomic E-state index is -0.590. The lowest BCUT2D eigenvalue weighted by Crippen LogP contribution is -2.02. The highest BCUT2D eigenvalue weighted by Crippen LogP contribution is 2.29. The molecule has 0 unspecified atom stereocenters. The Bertz CT molecular complexity index is 678. The lowest BCUT2D eigenvalue weighted by atomic mass is 10.2. The summed E-state index contributed by atoms with van der Waals surface area (Å²) in [5.74, 6) is -0.468. The standard InChI is InChI=1S/C14H11BrFNO4/c15-11-2-3-12(16)10(6-11)8-21-14-5-9(7-18)1-4-13(14)17(19)20/h1-6,18H,7-8H2. The Hall–Kier alpha value is -1.99. The number of halogens is 2. The van der Waals surface area contributed by atoms with Crippen LogP contribution in [0.3, 0.4) is 0 Å². The van der Waals surface area contributed by atoms with Crippen LogP contribution in [0.5, 0.6) is 5.75 Å². The number of hydrogen-bond donors (Lipinski definition) is 1. The normalized spacial score (nSPS) is 10.4. The van der Waals surface area contributed by atoms with Gasteiger partial charge in [0.2, 0.25) is 0 Å². The van der Waals surface area contributed by atoms with Crippen molar-refractivity contribution in [2.45, 2.75) is 13.2 Å². The second-order valence-electron chi connectivity index (χ2n) is 4.24. The first-order chi connectivity index (χ1) is 10.0. The largest absolute Gasteiger partial charge is 0.482 e. The third kappa shape index (κ3) is 3.77. The van der Waals surface area contributed by atoms with Gasteiger partial charge in [0, 0.05) is 16.1 Å². The van der Waals surface area contributed by atoms with Crippen molar-refractivity contribution in [3.63, 3.8) is 0 Å². The molecule has 0 heterocycles. The van der Waals surface area contributed by atoms with Gasteiger partial charge in [-0.3, -0.25) is 10.1 Å². The van der Waals surface area contributed by atoms with Gasteiger partial charge in [-0.05, 0) is 35.9 Å². The molecule has 0 aliphatic rings. The van der Waals surface area contributed by atoms with Crippen LogP contribution < -0.4 is 4.74 Å². The predicted octanol–water partition coefficient (Wildman–Crippen LogP) is 3.57. The van der Waals surface area contributed by atoms with Crippen LogP contribution in [0.15, 0.2) is 40.9 Å². The Morgan fingerprint density at radius 3 is 2.71 bits per heavy atom. The first-order valence-corrected chi connectivity index (χ1v) is 6.75. The van der Waals surface area contributed by atoms with Crippen LogP contribution in [-0.4, -0.2) is 10.0 Å². The summed E-state index contributed by atoms with van der Waals surface area (Å²) in [6.07, 6.45) is 0. The molecule has 7 heteroatoms. The van der Waals surface area contributed by atoms with Crippen LogP contribution >= 0.6 is 15.9 Å². The molecule has 0 aliphatic carbocycles. The molecule has 21 heavy (non-hydrogen) atoms. The summed E-state index contributed by atoms with van der Waals surface area (Å²) >= 11 is 3.22. The molecule has 2 aromatic carbocycles. The molecule has 0 fully saturated rings. The smallest absolute Gasteiger partial charge is 0.310 e. The van der Waals surface area contributed by atoms with E-state index in [-0.39, 0.29) is 30.2 Å². The Morgan fingerprint density at radius 1 is 1.29 bits per heavy atom. The van der Waals surface area contributed by atoms with Gasteiger partial charge in [-0.1, -0.05) is 15.9 Å². The van der Waals surface area contributed by atoms with Gasteiger partial charge in [0.25, 0.3) is 0 Å². The van der Waals surface area contributed by atoms with E-state index in [2.05, 4.69) is 15.9 Å². The maximum atomic E-state index is 13.6. The lowest BCUT2D eigenvalue weighted by Gasteiger charge is -2.09. The highest BCUT2D eigenvalue weighted by atomic mass is 79.9. The van der Waals surface area contributed by atoms with Crippen molar-refractivity contribution in [2.75, 3.05) is 0 Å². The van der Waals surface area contributed by atoms with Gasteiger partial charge < -0.3 is 9.84 Å². The van der Waals surface area contributed by atoms with E-state index < -0.39 is 10.7 Å². The van der Waals surface area contributed by atoms with Crippen molar-refractivity contribution in [1.29, 1.82) is 0 Å². The minimum absolute atomic E-state index is 0.00840. The SMILES string of the molecule is O=[N+]([O-])c1ccc(CO)cc1OCc1cc(Br)ccc1F. The third-order valence-electron chi connectivity index (χ3n) is 2.79. The van der Waals surface area contributed by atoms with E-state index in [9.17, 15) is 14.5 Å². The molecule has 0 radical (unpaired) electrons. The monoisotopic (exact) mass is 355 g/mol. The Morgan fingerprint density at radius 2 is 2.05 bits per heavy atom. The van der Waals surface area contributed by atoms with Crippen molar-refractivity contribution < 1.29 is 19.2 Å². The van der Waals surface area contributed by atoms with Crippen LogP contribution in [0, 0.1) is 15.9 Å². The lowest BCUT2D eigenvalue weighted by molar-refractivity contribution is -0.386. The molecule has 0 aromatic heterocycles. The summed E-state index contributed by atoms with van der Waals surface area (Å²) in [5, 5.41) is 20.0. The van der Waals surface area contributed by atoms with E-state index in [0.29, 0.717) is 10.0 Å². The van der Waals surface area contributed by atoms with Crippen molar-refractivity contribution in [3.05, 3.63) is 67.9 Å². The molecule has 0 saturated carbocycles. The van der Waals surface area contributed by atoms with Crippen molar-refractivity contribution in [3.8, 4) is 5.75 Å². The zero-order chi connectivity index (χ0) is 15.4. The van der Waals surface area contributed by atoms with Crippen LogP contribution in [0.2, 0.25) is 0 Å². The van der Waals surface area contributed by atoms with Gasteiger partial charge in [-0.2, -0.15) is 0 Å². The quantitative estimate of drug-likeness (QED) is 0.657. The van der Waals surface area contributed by atoms with Gasteiger partial charge in [0.05, 0.1) is 11.5 Å². The topological polar surface area (TPSA) is 72.6 Å².